The summed E-state index contributed by atoms with van der Waals surface area (Å²) in [6, 6.07) is 6.39. The minimum atomic E-state index is -0.638. The van der Waals surface area contributed by atoms with Crippen LogP contribution in [0.4, 0.5) is 0 Å². The Morgan fingerprint density at radius 3 is 2.42 bits per heavy atom. The molecule has 26 heavy (non-hydrogen) atoms. The highest BCUT2D eigenvalue weighted by molar-refractivity contribution is 5.93. The molecule has 3 aromatic rings. The van der Waals surface area contributed by atoms with Crippen LogP contribution < -0.4 is 14.2 Å². The van der Waals surface area contributed by atoms with Gasteiger partial charge in [0.25, 0.3) is 11.8 Å². The Morgan fingerprint density at radius 1 is 1.04 bits per heavy atom. The SMILES string of the molecule is COc1cc(OC)c(C(=O)OCc2nnc(-c3ccco3)o2)cc1OC. The van der Waals surface area contributed by atoms with Crippen LogP contribution in [0, 0.1) is 0 Å². The van der Waals surface area contributed by atoms with Crippen molar-refractivity contribution in [3.63, 3.8) is 0 Å². The van der Waals surface area contributed by atoms with E-state index in [9.17, 15) is 4.79 Å². The first-order chi connectivity index (χ1) is 12.7. The molecule has 1 aromatic carbocycles. The highest BCUT2D eigenvalue weighted by Gasteiger charge is 2.20. The maximum absolute atomic E-state index is 12.4. The number of hydrogen-bond acceptors (Lipinski definition) is 9. The largest absolute Gasteiger partial charge is 0.496 e. The Kier molecular flexibility index (Phi) is 5.07. The first-order valence-corrected chi connectivity index (χ1v) is 7.49. The van der Waals surface area contributed by atoms with E-state index in [0.29, 0.717) is 17.3 Å². The third kappa shape index (κ3) is 3.46. The van der Waals surface area contributed by atoms with Gasteiger partial charge in [-0.1, -0.05) is 0 Å². The van der Waals surface area contributed by atoms with Crippen LogP contribution >= 0.6 is 0 Å². The molecule has 0 atom stereocenters. The highest BCUT2D eigenvalue weighted by atomic mass is 16.5. The van der Waals surface area contributed by atoms with Crippen LogP contribution in [0.25, 0.3) is 11.7 Å². The molecule has 0 bridgehead atoms. The molecule has 2 aromatic heterocycles. The number of rotatable bonds is 7. The lowest BCUT2D eigenvalue weighted by molar-refractivity contribution is 0.0434. The molecule has 9 heteroatoms. The average Bonchev–Trinajstić information content (AvgIpc) is 3.36. The lowest BCUT2D eigenvalue weighted by Crippen LogP contribution is -2.08. The summed E-state index contributed by atoms with van der Waals surface area (Å²) in [6.07, 6.45) is 1.49. The summed E-state index contributed by atoms with van der Waals surface area (Å²) >= 11 is 0. The van der Waals surface area contributed by atoms with Gasteiger partial charge in [0.2, 0.25) is 0 Å². The van der Waals surface area contributed by atoms with Crippen LogP contribution in [-0.4, -0.2) is 37.5 Å². The second-order valence-corrected chi connectivity index (χ2v) is 4.96. The molecule has 0 aliphatic rings. The molecule has 0 saturated carbocycles. The van der Waals surface area contributed by atoms with Gasteiger partial charge in [0, 0.05) is 12.1 Å². The fourth-order valence-corrected chi connectivity index (χ4v) is 2.21. The van der Waals surface area contributed by atoms with Gasteiger partial charge < -0.3 is 27.8 Å². The summed E-state index contributed by atoms with van der Waals surface area (Å²) in [5.74, 6) is 1.21. The van der Waals surface area contributed by atoms with Crippen LogP contribution in [0.5, 0.6) is 17.2 Å². The smallest absolute Gasteiger partial charge is 0.342 e. The molecule has 0 amide bonds. The summed E-state index contributed by atoms with van der Waals surface area (Å²) in [6.45, 7) is -0.204. The third-order valence-corrected chi connectivity index (χ3v) is 3.45. The number of furan rings is 1. The first-order valence-electron chi connectivity index (χ1n) is 7.49. The van der Waals surface area contributed by atoms with Crippen molar-refractivity contribution in [2.45, 2.75) is 6.61 Å². The molecule has 3 rings (SSSR count). The topological polar surface area (TPSA) is 106 Å². The van der Waals surface area contributed by atoms with Crippen molar-refractivity contribution in [3.05, 3.63) is 42.0 Å². The predicted octanol–water partition coefficient (Wildman–Crippen LogP) is 2.71. The van der Waals surface area contributed by atoms with Crippen LogP contribution in [0.15, 0.2) is 39.4 Å². The van der Waals surface area contributed by atoms with Crippen LogP contribution in [-0.2, 0) is 11.3 Å². The summed E-state index contributed by atoms with van der Waals surface area (Å²) < 4.78 is 31.3. The normalized spacial score (nSPS) is 10.4. The van der Waals surface area contributed by atoms with E-state index in [1.54, 1.807) is 12.1 Å². The molecule has 136 valence electrons. The number of methoxy groups -OCH3 is 3. The quantitative estimate of drug-likeness (QED) is 0.588. The van der Waals surface area contributed by atoms with Crippen LogP contribution in [0.3, 0.4) is 0 Å². The molecule has 0 aliphatic carbocycles. The van der Waals surface area contributed by atoms with E-state index < -0.39 is 5.97 Å². The van der Waals surface area contributed by atoms with Gasteiger partial charge in [-0.2, -0.15) is 0 Å². The molecule has 2 heterocycles. The van der Waals surface area contributed by atoms with E-state index in [0.717, 1.165) is 0 Å². The number of aromatic nitrogens is 2. The lowest BCUT2D eigenvalue weighted by Gasteiger charge is -2.13. The van der Waals surface area contributed by atoms with E-state index in [2.05, 4.69) is 10.2 Å². The van der Waals surface area contributed by atoms with Crippen molar-refractivity contribution in [1.29, 1.82) is 0 Å². The second-order valence-electron chi connectivity index (χ2n) is 4.96. The van der Waals surface area contributed by atoms with Crippen LogP contribution in [0.1, 0.15) is 16.2 Å². The fourth-order valence-electron chi connectivity index (χ4n) is 2.21. The number of hydrogen-bond donors (Lipinski definition) is 0. The van der Waals surface area contributed by atoms with Gasteiger partial charge in [0.1, 0.15) is 11.3 Å². The highest BCUT2D eigenvalue weighted by Crippen LogP contribution is 2.35. The van der Waals surface area contributed by atoms with E-state index in [1.165, 1.54) is 39.7 Å². The molecule has 0 radical (unpaired) electrons. The van der Waals surface area contributed by atoms with Gasteiger partial charge in [0.05, 0.1) is 27.6 Å². The van der Waals surface area contributed by atoms with Gasteiger partial charge in [-0.25, -0.2) is 4.79 Å². The zero-order valence-electron chi connectivity index (χ0n) is 14.3. The van der Waals surface area contributed by atoms with E-state index >= 15 is 0 Å². The summed E-state index contributed by atoms with van der Waals surface area (Å²) in [5, 5.41) is 7.64. The van der Waals surface area contributed by atoms with E-state index in [1.807, 2.05) is 0 Å². The number of benzene rings is 1. The second kappa shape index (κ2) is 7.60. The van der Waals surface area contributed by atoms with Crippen molar-refractivity contribution in [2.24, 2.45) is 0 Å². The summed E-state index contributed by atoms with van der Waals surface area (Å²) in [4.78, 5) is 12.4. The maximum Gasteiger partial charge on any atom is 0.342 e. The third-order valence-electron chi connectivity index (χ3n) is 3.45. The summed E-state index contributed by atoms with van der Waals surface area (Å²) in [5.41, 5.74) is 0.177. The fraction of sp³-hybridized carbons (Fsp3) is 0.235. The molecule has 0 spiro atoms. The Morgan fingerprint density at radius 2 is 1.77 bits per heavy atom. The number of carbonyl (C=O) groups is 1. The Hall–Kier alpha value is -3.49. The van der Waals surface area contributed by atoms with Crippen molar-refractivity contribution in [2.75, 3.05) is 21.3 Å². The van der Waals surface area contributed by atoms with Gasteiger partial charge in [-0.05, 0) is 12.1 Å². The van der Waals surface area contributed by atoms with Gasteiger partial charge in [-0.3, -0.25) is 0 Å². The zero-order valence-corrected chi connectivity index (χ0v) is 14.3. The van der Waals surface area contributed by atoms with Crippen molar-refractivity contribution >= 4 is 5.97 Å². The zero-order chi connectivity index (χ0) is 18.5. The number of esters is 1. The Balaban J connectivity index is 1.74. The minimum absolute atomic E-state index is 0.129. The minimum Gasteiger partial charge on any atom is -0.496 e. The molecular weight excluding hydrogens is 344 g/mol. The molecule has 0 aliphatic heterocycles. The molecule has 0 fully saturated rings. The molecule has 0 N–H and O–H groups in total. The number of carbonyl (C=O) groups excluding carboxylic acids is 1. The molecule has 0 saturated heterocycles. The Bertz CT molecular complexity index is 887. The first kappa shape index (κ1) is 17.3. The standard InChI is InChI=1S/C17H16N2O7/c1-21-12-8-14(23-3)13(22-2)7-10(12)17(20)25-9-15-18-19-16(26-15)11-5-4-6-24-11/h4-8H,9H2,1-3H3. The van der Waals surface area contributed by atoms with Gasteiger partial charge >= 0.3 is 5.97 Å². The summed E-state index contributed by atoms with van der Waals surface area (Å²) in [7, 11) is 4.39. The Labute approximate surface area is 148 Å². The molecule has 9 nitrogen and oxygen atoms in total. The van der Waals surface area contributed by atoms with Gasteiger partial charge in [0.15, 0.2) is 23.9 Å². The molecular formula is C17H16N2O7. The van der Waals surface area contributed by atoms with Crippen molar-refractivity contribution < 1.29 is 32.6 Å². The number of nitrogens with zero attached hydrogens (tertiary/aromatic N) is 2. The maximum atomic E-state index is 12.4. The predicted molar refractivity (Wildman–Crippen MR) is 87.2 cm³/mol. The van der Waals surface area contributed by atoms with Crippen molar-refractivity contribution in [1.82, 2.24) is 10.2 Å². The van der Waals surface area contributed by atoms with Gasteiger partial charge in [-0.15, -0.1) is 10.2 Å². The number of ether oxygens (including phenoxy) is 4. The van der Waals surface area contributed by atoms with E-state index in [4.69, 9.17) is 27.8 Å². The average molecular weight is 360 g/mol. The monoisotopic (exact) mass is 360 g/mol. The van der Waals surface area contributed by atoms with Crippen molar-refractivity contribution in [3.8, 4) is 28.9 Å². The van der Waals surface area contributed by atoms with E-state index in [-0.39, 0.29) is 29.7 Å². The van der Waals surface area contributed by atoms with Crippen LogP contribution in [0.2, 0.25) is 0 Å². The molecule has 0 unspecified atom stereocenters. The lowest BCUT2D eigenvalue weighted by atomic mass is 10.1.